The van der Waals surface area contributed by atoms with Crippen molar-refractivity contribution < 1.29 is 27.3 Å². The average Bonchev–Trinajstić information content (AvgIpc) is 2.56. The Kier molecular flexibility index (Phi) is 4.18. The molecule has 0 atom stereocenters. The van der Waals surface area contributed by atoms with Crippen LogP contribution in [0.4, 0.5) is 0 Å². The average molecular weight is 264 g/mol. The van der Waals surface area contributed by atoms with Crippen LogP contribution in [0.3, 0.4) is 0 Å². The van der Waals surface area contributed by atoms with E-state index in [1.165, 1.54) is 0 Å². The molecule has 0 saturated carbocycles. The first-order valence-electron chi connectivity index (χ1n) is 4.83. The van der Waals surface area contributed by atoms with Gasteiger partial charge in [0.2, 0.25) is 5.91 Å². The molecule has 0 aliphatic carbocycles. The van der Waals surface area contributed by atoms with Gasteiger partial charge in [-0.05, 0) is 6.92 Å². The number of hydrazone groups is 1. The fourth-order valence-corrected chi connectivity index (χ4v) is 1.58. The van der Waals surface area contributed by atoms with Crippen molar-refractivity contribution in [3.8, 4) is 0 Å². The minimum Gasteiger partial charge on any atom is -0.461 e. The molecule has 0 aromatic rings. The molecule has 0 unspecified atom stereocenters. The highest BCUT2D eigenvalue weighted by Crippen LogP contribution is 2.09. The molecule has 0 bridgehead atoms. The molecule has 1 aliphatic rings. The number of ether oxygens (including phenoxy) is 1. The van der Waals surface area contributed by atoms with E-state index in [1.54, 1.807) is 6.92 Å². The number of amides is 1. The van der Waals surface area contributed by atoms with Gasteiger partial charge in [-0.1, -0.05) is 0 Å². The molecular formula is C8H12N2O6S. The van der Waals surface area contributed by atoms with Gasteiger partial charge in [0.15, 0.2) is 5.71 Å². The summed E-state index contributed by atoms with van der Waals surface area (Å²) in [6.07, 6.45) is -0.218. The summed E-state index contributed by atoms with van der Waals surface area (Å²) in [5.41, 5.74) is -0.0628. The predicted molar refractivity (Wildman–Crippen MR) is 56.8 cm³/mol. The molecule has 0 aromatic heterocycles. The summed E-state index contributed by atoms with van der Waals surface area (Å²) in [6, 6.07) is 0. The highest BCUT2D eigenvalue weighted by molar-refractivity contribution is 7.85. The van der Waals surface area contributed by atoms with Crippen LogP contribution in [0.5, 0.6) is 0 Å². The molecule has 1 rings (SSSR count). The maximum absolute atomic E-state index is 11.3. The Morgan fingerprint density at radius 1 is 1.59 bits per heavy atom. The fourth-order valence-electron chi connectivity index (χ4n) is 1.18. The topological polar surface area (TPSA) is 113 Å². The van der Waals surface area contributed by atoms with Crippen molar-refractivity contribution >= 4 is 27.7 Å². The first-order valence-corrected chi connectivity index (χ1v) is 6.44. The summed E-state index contributed by atoms with van der Waals surface area (Å²) in [4.78, 5) is 22.6. The second-order valence-corrected chi connectivity index (χ2v) is 4.82. The Bertz CT molecular complexity index is 455. The van der Waals surface area contributed by atoms with Crippen LogP contribution in [0, 0.1) is 0 Å². The summed E-state index contributed by atoms with van der Waals surface area (Å²) in [5.74, 6) is -1.83. The standard InChI is InChI=1S/C8H12N2O6S/c1-2-16-8(12)6-5-7(11)10(9-6)3-4-17(13,14)15/h2-5H2,1H3,(H,13,14,15). The Balaban J connectivity index is 2.63. The smallest absolute Gasteiger partial charge is 0.355 e. The lowest BCUT2D eigenvalue weighted by atomic mass is 10.3. The van der Waals surface area contributed by atoms with Crippen LogP contribution >= 0.6 is 0 Å². The molecule has 0 aromatic carbocycles. The van der Waals surface area contributed by atoms with E-state index in [4.69, 9.17) is 4.55 Å². The van der Waals surface area contributed by atoms with Crippen LogP contribution in [0.1, 0.15) is 13.3 Å². The maximum atomic E-state index is 11.3. The monoisotopic (exact) mass is 264 g/mol. The summed E-state index contributed by atoms with van der Waals surface area (Å²) < 4.78 is 34.1. The van der Waals surface area contributed by atoms with Gasteiger partial charge in [-0.3, -0.25) is 9.35 Å². The Labute approximate surface area is 98.0 Å². The molecule has 0 fully saturated rings. The summed E-state index contributed by atoms with van der Waals surface area (Å²) in [6.45, 7) is 1.49. The Morgan fingerprint density at radius 3 is 2.76 bits per heavy atom. The quantitative estimate of drug-likeness (QED) is 0.504. The third-order valence-electron chi connectivity index (χ3n) is 1.92. The van der Waals surface area contributed by atoms with Crippen molar-refractivity contribution in [3.05, 3.63) is 0 Å². The van der Waals surface area contributed by atoms with Gasteiger partial charge in [0.05, 0.1) is 25.3 Å². The van der Waals surface area contributed by atoms with Crippen LogP contribution in [0.25, 0.3) is 0 Å². The van der Waals surface area contributed by atoms with Crippen LogP contribution in [0.15, 0.2) is 5.10 Å². The Morgan fingerprint density at radius 2 is 2.24 bits per heavy atom. The molecule has 0 saturated heterocycles. The van der Waals surface area contributed by atoms with Gasteiger partial charge in [-0.15, -0.1) is 0 Å². The third-order valence-corrected chi connectivity index (χ3v) is 2.62. The molecule has 0 spiro atoms. The van der Waals surface area contributed by atoms with Crippen LogP contribution < -0.4 is 0 Å². The van der Waals surface area contributed by atoms with Crippen molar-refractivity contribution in [2.24, 2.45) is 5.10 Å². The highest BCUT2D eigenvalue weighted by atomic mass is 32.2. The minimum absolute atomic E-state index is 0.0628. The van der Waals surface area contributed by atoms with Crippen LogP contribution in [-0.4, -0.2) is 54.5 Å². The first kappa shape index (κ1) is 13.6. The van der Waals surface area contributed by atoms with E-state index in [1.807, 2.05) is 0 Å². The van der Waals surface area contributed by atoms with E-state index in [0.717, 1.165) is 5.01 Å². The SMILES string of the molecule is CCOC(=O)C1=NN(CCS(=O)(=O)O)C(=O)C1. The highest BCUT2D eigenvalue weighted by Gasteiger charge is 2.29. The normalized spacial score (nSPS) is 16.0. The first-order chi connectivity index (χ1) is 7.83. The lowest BCUT2D eigenvalue weighted by Crippen LogP contribution is -2.26. The van der Waals surface area contributed by atoms with Crippen molar-refractivity contribution in [1.29, 1.82) is 0 Å². The zero-order valence-electron chi connectivity index (χ0n) is 9.12. The molecule has 1 N–H and O–H groups in total. The molecular weight excluding hydrogens is 252 g/mol. The number of hydrogen-bond donors (Lipinski definition) is 1. The van der Waals surface area contributed by atoms with Crippen LogP contribution in [-0.2, 0) is 24.4 Å². The molecule has 1 heterocycles. The Hall–Kier alpha value is -1.48. The molecule has 8 nitrogen and oxygen atoms in total. The largest absolute Gasteiger partial charge is 0.461 e. The van der Waals surface area contributed by atoms with Gasteiger partial charge in [0, 0.05) is 0 Å². The van der Waals surface area contributed by atoms with Gasteiger partial charge < -0.3 is 4.74 Å². The number of nitrogens with zero attached hydrogens (tertiary/aromatic N) is 2. The van der Waals surface area contributed by atoms with Crippen molar-refractivity contribution in [3.63, 3.8) is 0 Å². The van der Waals surface area contributed by atoms with Gasteiger partial charge >= 0.3 is 5.97 Å². The van der Waals surface area contributed by atoms with E-state index in [0.29, 0.717) is 0 Å². The predicted octanol–water partition coefficient (Wildman–Crippen LogP) is -0.974. The molecule has 1 aliphatic heterocycles. The molecule has 17 heavy (non-hydrogen) atoms. The van der Waals surface area contributed by atoms with E-state index in [9.17, 15) is 18.0 Å². The number of carbonyl (C=O) groups is 2. The third kappa shape index (κ3) is 4.11. The van der Waals surface area contributed by atoms with Crippen molar-refractivity contribution in [2.75, 3.05) is 18.9 Å². The maximum Gasteiger partial charge on any atom is 0.355 e. The van der Waals surface area contributed by atoms with Crippen molar-refractivity contribution in [1.82, 2.24) is 5.01 Å². The lowest BCUT2D eigenvalue weighted by Gasteiger charge is -2.09. The zero-order chi connectivity index (χ0) is 13.1. The minimum atomic E-state index is -4.16. The zero-order valence-corrected chi connectivity index (χ0v) is 9.94. The van der Waals surface area contributed by atoms with Crippen molar-refractivity contribution in [2.45, 2.75) is 13.3 Å². The summed E-state index contributed by atoms with van der Waals surface area (Å²) >= 11 is 0. The van der Waals surface area contributed by atoms with Crippen LogP contribution in [0.2, 0.25) is 0 Å². The van der Waals surface area contributed by atoms with Gasteiger partial charge in [0.25, 0.3) is 10.1 Å². The molecule has 9 heteroatoms. The number of esters is 1. The van der Waals surface area contributed by atoms with E-state index in [2.05, 4.69) is 9.84 Å². The molecule has 1 amide bonds. The van der Waals surface area contributed by atoms with E-state index < -0.39 is 27.7 Å². The molecule has 96 valence electrons. The van der Waals surface area contributed by atoms with Gasteiger partial charge in [-0.2, -0.15) is 13.5 Å². The number of hydrogen-bond acceptors (Lipinski definition) is 6. The van der Waals surface area contributed by atoms with Gasteiger partial charge in [-0.25, -0.2) is 9.80 Å². The molecule has 0 radical (unpaired) electrons. The number of carbonyl (C=O) groups excluding carboxylic acids is 2. The lowest BCUT2D eigenvalue weighted by molar-refractivity contribution is -0.135. The second kappa shape index (κ2) is 5.23. The summed E-state index contributed by atoms with van der Waals surface area (Å²) in [5, 5.41) is 4.47. The van der Waals surface area contributed by atoms with E-state index >= 15 is 0 Å². The second-order valence-electron chi connectivity index (χ2n) is 3.25. The van der Waals surface area contributed by atoms with E-state index in [-0.39, 0.29) is 25.3 Å². The fraction of sp³-hybridized carbons (Fsp3) is 0.625. The van der Waals surface area contributed by atoms with Gasteiger partial charge in [0.1, 0.15) is 0 Å². The summed E-state index contributed by atoms with van der Waals surface area (Å²) in [7, 11) is -4.16. The number of rotatable bonds is 5.